The fraction of sp³-hybridized carbons (Fsp3) is 0.475. The molecule has 10 rings (SSSR count). The van der Waals surface area contributed by atoms with Crippen LogP contribution in [0.3, 0.4) is 0 Å². The molecule has 0 radical (unpaired) electrons. The lowest BCUT2D eigenvalue weighted by molar-refractivity contribution is -0.138. The molecule has 9 heterocycles. The van der Waals surface area contributed by atoms with Crippen LogP contribution < -0.4 is 5.32 Å². The van der Waals surface area contributed by atoms with Gasteiger partial charge in [-0.25, -0.2) is 19.9 Å². The molecule has 286 valence electrons. The Morgan fingerprint density at radius 2 is 1.31 bits per heavy atom. The third kappa shape index (κ3) is 7.35. The number of amides is 2. The van der Waals surface area contributed by atoms with Crippen LogP contribution in [-0.4, -0.2) is 111 Å². The first-order chi connectivity index (χ1) is 26.8. The molecule has 5 aliphatic heterocycles. The number of halogens is 1. The number of carbonyl (C=O) groups excluding carboxylic acids is 2. The number of thiophene rings is 2. The number of nitrogens with zero attached hydrogens (tertiary/aromatic N) is 9. The number of benzene rings is 1. The minimum absolute atomic E-state index is 0.169. The second-order valence-corrected chi connectivity index (χ2v) is 18.0. The van der Waals surface area contributed by atoms with Gasteiger partial charge in [0, 0.05) is 46.6 Å². The van der Waals surface area contributed by atoms with Gasteiger partial charge in [-0.05, 0) is 113 Å². The van der Waals surface area contributed by atoms with Gasteiger partial charge < -0.3 is 24.9 Å². The van der Waals surface area contributed by atoms with E-state index >= 15 is 0 Å². The van der Waals surface area contributed by atoms with Crippen molar-refractivity contribution < 1.29 is 9.59 Å². The molecule has 1 N–H and O–H groups in total. The molecule has 0 spiro atoms. The Kier molecular flexibility index (Phi) is 10.3. The van der Waals surface area contributed by atoms with E-state index in [0.29, 0.717) is 30.1 Å². The topological polar surface area (TPSA) is 123 Å². The van der Waals surface area contributed by atoms with Crippen LogP contribution in [-0.2, 0) is 42.1 Å². The van der Waals surface area contributed by atoms with Crippen LogP contribution in [0.25, 0.3) is 20.4 Å². The zero-order valence-corrected chi connectivity index (χ0v) is 33.7. The summed E-state index contributed by atoms with van der Waals surface area (Å²) in [7, 11) is 4.25. The van der Waals surface area contributed by atoms with Gasteiger partial charge in [0.2, 0.25) is 11.8 Å². The van der Waals surface area contributed by atoms with Gasteiger partial charge in [-0.15, -0.1) is 22.7 Å². The molecule has 5 aromatic rings. The van der Waals surface area contributed by atoms with Crippen molar-refractivity contribution in [1.82, 2.24) is 39.5 Å². The van der Waals surface area contributed by atoms with Crippen LogP contribution in [0.1, 0.15) is 57.7 Å². The van der Waals surface area contributed by atoms with Crippen molar-refractivity contribution in [1.29, 1.82) is 0 Å². The second kappa shape index (κ2) is 15.5. The summed E-state index contributed by atoms with van der Waals surface area (Å²) in [5, 5.41) is 6.13. The summed E-state index contributed by atoms with van der Waals surface area (Å²) in [6.07, 6.45) is 10.7. The van der Waals surface area contributed by atoms with Gasteiger partial charge in [0.1, 0.15) is 33.3 Å². The van der Waals surface area contributed by atoms with Crippen molar-refractivity contribution in [2.75, 3.05) is 58.7 Å². The van der Waals surface area contributed by atoms with Crippen molar-refractivity contribution in [3.8, 4) is 0 Å². The lowest BCUT2D eigenvalue weighted by Gasteiger charge is -2.34. The maximum Gasteiger partial charge on any atom is 0.226 e. The molecular weight excluding hydrogens is 752 g/mol. The van der Waals surface area contributed by atoms with Gasteiger partial charge in [0.25, 0.3) is 0 Å². The number of fused-ring (bicyclic) bond motifs is 7. The van der Waals surface area contributed by atoms with Crippen LogP contribution in [0.2, 0.25) is 5.15 Å². The monoisotopic (exact) mass is 796 g/mol. The Morgan fingerprint density at radius 1 is 0.745 bits per heavy atom. The molecule has 55 heavy (non-hydrogen) atoms. The maximum absolute atomic E-state index is 13.1. The average Bonchev–Trinajstić information content (AvgIpc) is 3.93. The van der Waals surface area contributed by atoms with Gasteiger partial charge in [-0.1, -0.05) is 17.7 Å². The first-order valence-electron chi connectivity index (χ1n) is 19.3. The van der Waals surface area contributed by atoms with E-state index in [1.54, 1.807) is 29.0 Å². The number of carbonyl (C=O) groups is 2. The highest BCUT2D eigenvalue weighted by Gasteiger charge is 2.33. The van der Waals surface area contributed by atoms with Crippen molar-refractivity contribution in [2.45, 2.75) is 58.2 Å². The minimum Gasteiger partial charge on any atom is -0.340 e. The van der Waals surface area contributed by atoms with Crippen molar-refractivity contribution in [3.05, 3.63) is 68.0 Å². The standard InChI is InChI=1S/C24H26N6OS.C16H19ClN4OS/c1-29-7-4-15(5-8-29)24(31)30-9-6-19-20(13-30)32-23-21(19)22(26-14-27-23)28-18-3-2-16-11-25-12-17(16)10-18;1-20-5-2-10(3-6-20)16(22)21-7-4-11-12(8-21)23-15-13(11)14(17)18-9-19-15/h2-3,10,12,14-15H,4-9,11,13H2,1H3,(H,26,27,28);9-10H,2-8H2,1H3. The van der Waals surface area contributed by atoms with Gasteiger partial charge in [-0.3, -0.25) is 14.6 Å². The van der Waals surface area contributed by atoms with Gasteiger partial charge in [-0.2, -0.15) is 0 Å². The maximum atomic E-state index is 13.1. The zero-order chi connectivity index (χ0) is 37.6. The predicted octanol–water partition coefficient (Wildman–Crippen LogP) is 6.17. The molecule has 15 heteroatoms. The van der Waals surface area contributed by atoms with E-state index in [4.69, 9.17) is 11.6 Å². The Hall–Kier alpha value is -4.08. The molecule has 2 fully saturated rings. The fourth-order valence-corrected chi connectivity index (χ4v) is 11.3. The Bertz CT molecular complexity index is 2290. The Labute approximate surface area is 333 Å². The van der Waals surface area contributed by atoms with E-state index in [1.807, 2.05) is 11.1 Å². The first kappa shape index (κ1) is 36.6. The van der Waals surface area contributed by atoms with E-state index in [2.05, 4.69) is 77.2 Å². The number of hydrogen-bond donors (Lipinski definition) is 1. The summed E-state index contributed by atoms with van der Waals surface area (Å²) in [6.45, 7) is 7.75. The summed E-state index contributed by atoms with van der Waals surface area (Å²) in [5.74, 6) is 1.84. The number of likely N-dealkylation sites (tertiary alicyclic amines) is 2. The van der Waals surface area contributed by atoms with E-state index in [9.17, 15) is 9.59 Å². The summed E-state index contributed by atoms with van der Waals surface area (Å²) in [4.78, 5) is 60.9. The molecule has 0 aliphatic carbocycles. The molecule has 2 saturated heterocycles. The summed E-state index contributed by atoms with van der Waals surface area (Å²) >= 11 is 9.58. The normalized spacial score (nSPS) is 19.3. The minimum atomic E-state index is 0.169. The summed E-state index contributed by atoms with van der Waals surface area (Å²) in [5.41, 5.74) is 5.96. The van der Waals surface area contributed by atoms with Crippen LogP contribution in [0.4, 0.5) is 11.5 Å². The number of piperidine rings is 2. The van der Waals surface area contributed by atoms with Crippen molar-refractivity contribution >= 4 is 84.2 Å². The molecule has 4 aromatic heterocycles. The van der Waals surface area contributed by atoms with Crippen molar-refractivity contribution in [2.24, 2.45) is 16.8 Å². The highest BCUT2D eigenvalue weighted by Crippen LogP contribution is 2.40. The number of hydrogen-bond acceptors (Lipinski definition) is 12. The number of nitrogens with one attached hydrogen (secondary N) is 1. The van der Waals surface area contributed by atoms with Gasteiger partial charge >= 0.3 is 0 Å². The number of anilines is 2. The molecule has 0 saturated carbocycles. The molecular formula is C40H45ClN10O2S2. The van der Waals surface area contributed by atoms with Crippen LogP contribution in [0, 0.1) is 11.8 Å². The zero-order valence-electron chi connectivity index (χ0n) is 31.3. The van der Waals surface area contributed by atoms with E-state index in [-0.39, 0.29) is 11.8 Å². The molecule has 0 bridgehead atoms. The largest absolute Gasteiger partial charge is 0.340 e. The van der Waals surface area contributed by atoms with E-state index in [0.717, 1.165) is 122 Å². The Morgan fingerprint density at radius 3 is 1.93 bits per heavy atom. The highest BCUT2D eigenvalue weighted by molar-refractivity contribution is 7.19. The smallest absolute Gasteiger partial charge is 0.226 e. The van der Waals surface area contributed by atoms with Gasteiger partial charge in [0.15, 0.2) is 0 Å². The number of rotatable bonds is 4. The Balaban J connectivity index is 0.000000153. The second-order valence-electron chi connectivity index (χ2n) is 15.4. The lowest BCUT2D eigenvalue weighted by atomic mass is 9.94. The van der Waals surface area contributed by atoms with E-state index in [1.165, 1.54) is 32.8 Å². The fourth-order valence-electron chi connectivity index (χ4n) is 8.63. The summed E-state index contributed by atoms with van der Waals surface area (Å²) < 4.78 is 0. The third-order valence-corrected chi connectivity index (χ3v) is 14.4. The van der Waals surface area contributed by atoms with Crippen LogP contribution in [0.15, 0.2) is 35.8 Å². The average molecular weight is 797 g/mol. The summed E-state index contributed by atoms with van der Waals surface area (Å²) in [6, 6.07) is 6.33. The first-order valence-corrected chi connectivity index (χ1v) is 21.3. The quantitative estimate of drug-likeness (QED) is 0.213. The molecule has 12 nitrogen and oxygen atoms in total. The molecule has 0 unspecified atom stereocenters. The SMILES string of the molecule is CN1CCC(C(=O)N2CCc3c(sc4ncnc(Cl)c34)C2)CC1.CN1CCC(C(=O)N2CCc3c(sc4ncnc(Nc5ccc6c(c5)C=NC6)c34)C2)CC1. The number of aliphatic imine (C=N–C) groups is 1. The molecule has 2 amide bonds. The van der Waals surface area contributed by atoms with Crippen LogP contribution in [0.5, 0.6) is 0 Å². The molecule has 1 aromatic carbocycles. The van der Waals surface area contributed by atoms with Crippen LogP contribution >= 0.6 is 34.3 Å². The van der Waals surface area contributed by atoms with Gasteiger partial charge in [0.05, 0.1) is 30.4 Å². The van der Waals surface area contributed by atoms with E-state index < -0.39 is 0 Å². The lowest BCUT2D eigenvalue weighted by Crippen LogP contribution is -2.43. The molecule has 0 atom stereocenters. The number of aromatic nitrogens is 4. The third-order valence-electron chi connectivity index (χ3n) is 11.9. The predicted molar refractivity (Wildman–Crippen MR) is 220 cm³/mol. The highest BCUT2D eigenvalue weighted by atomic mass is 35.5. The molecule has 5 aliphatic rings. The van der Waals surface area contributed by atoms with Crippen molar-refractivity contribution in [3.63, 3.8) is 0 Å².